The van der Waals surface area contributed by atoms with E-state index in [1.54, 1.807) is 0 Å². The van der Waals surface area contributed by atoms with Crippen LogP contribution in [-0.4, -0.2) is 41.0 Å². The van der Waals surface area contributed by atoms with Crippen LogP contribution in [0.1, 0.15) is 12.0 Å². The number of anilines is 1. The fourth-order valence-corrected chi connectivity index (χ4v) is 2.92. The zero-order valence-corrected chi connectivity index (χ0v) is 14.1. The van der Waals surface area contributed by atoms with Crippen molar-refractivity contribution in [2.75, 3.05) is 31.1 Å². The minimum absolute atomic E-state index is 0.858. The molecule has 0 amide bonds. The molecule has 0 spiro atoms. The smallest absolute Gasteiger partial charge is 0.225 e. The van der Waals surface area contributed by atoms with Gasteiger partial charge in [0.1, 0.15) is 0 Å². The third-order valence-electron chi connectivity index (χ3n) is 3.73. The van der Waals surface area contributed by atoms with Crippen LogP contribution in [0.2, 0.25) is 0 Å². The molecule has 1 aliphatic rings. The van der Waals surface area contributed by atoms with Crippen molar-refractivity contribution < 1.29 is 0 Å². The van der Waals surface area contributed by atoms with Crippen LogP contribution < -0.4 is 4.90 Å². The second kappa shape index (κ2) is 7.17. The lowest BCUT2D eigenvalue weighted by Crippen LogP contribution is -2.31. The first-order valence-electron chi connectivity index (χ1n) is 7.30. The van der Waals surface area contributed by atoms with Crippen molar-refractivity contribution in [3.05, 3.63) is 51.9 Å². The van der Waals surface area contributed by atoms with E-state index in [0.717, 1.165) is 48.7 Å². The van der Waals surface area contributed by atoms with Crippen molar-refractivity contribution in [3.63, 3.8) is 0 Å². The molecule has 0 saturated carbocycles. The highest BCUT2D eigenvalue weighted by molar-refractivity contribution is 14.1. The van der Waals surface area contributed by atoms with Crippen molar-refractivity contribution in [1.82, 2.24) is 14.9 Å². The first kappa shape index (κ1) is 14.7. The first-order chi connectivity index (χ1) is 10.3. The minimum atomic E-state index is 0.858. The van der Waals surface area contributed by atoms with E-state index in [-0.39, 0.29) is 0 Å². The predicted molar refractivity (Wildman–Crippen MR) is 93.3 cm³/mol. The van der Waals surface area contributed by atoms with Crippen LogP contribution in [0.5, 0.6) is 0 Å². The molecule has 1 fully saturated rings. The Morgan fingerprint density at radius 1 is 0.952 bits per heavy atom. The van der Waals surface area contributed by atoms with Gasteiger partial charge in [0.15, 0.2) is 0 Å². The Morgan fingerprint density at radius 2 is 1.71 bits per heavy atom. The van der Waals surface area contributed by atoms with Crippen molar-refractivity contribution in [2.45, 2.75) is 13.0 Å². The number of halogens is 1. The molecule has 1 aromatic carbocycles. The highest BCUT2D eigenvalue weighted by atomic mass is 127. The van der Waals surface area contributed by atoms with Crippen molar-refractivity contribution in [3.8, 4) is 0 Å². The minimum Gasteiger partial charge on any atom is -0.339 e. The number of hydrogen-bond donors (Lipinski definition) is 0. The van der Waals surface area contributed by atoms with Crippen LogP contribution in [0.3, 0.4) is 0 Å². The average Bonchev–Trinajstić information content (AvgIpc) is 2.75. The lowest BCUT2D eigenvalue weighted by molar-refractivity contribution is 0.285. The van der Waals surface area contributed by atoms with Gasteiger partial charge in [-0.25, -0.2) is 9.97 Å². The fourth-order valence-electron chi connectivity index (χ4n) is 2.64. The summed E-state index contributed by atoms with van der Waals surface area (Å²) < 4.78 is 1.08. The fraction of sp³-hybridized carbons (Fsp3) is 0.375. The first-order valence-corrected chi connectivity index (χ1v) is 8.38. The summed E-state index contributed by atoms with van der Waals surface area (Å²) in [4.78, 5) is 13.7. The molecule has 3 rings (SSSR count). The van der Waals surface area contributed by atoms with E-state index < -0.39 is 0 Å². The molecule has 0 radical (unpaired) electrons. The number of hydrogen-bond acceptors (Lipinski definition) is 4. The Kier molecular flexibility index (Phi) is 5.03. The van der Waals surface area contributed by atoms with Crippen LogP contribution in [0.15, 0.2) is 42.7 Å². The summed E-state index contributed by atoms with van der Waals surface area (Å²) in [5.41, 5.74) is 1.39. The van der Waals surface area contributed by atoms with Gasteiger partial charge in [0.2, 0.25) is 5.95 Å². The SMILES string of the molecule is Ic1cnc(N2CCCN(Cc3ccccc3)CC2)nc1. The third-order valence-corrected chi connectivity index (χ3v) is 4.28. The van der Waals surface area contributed by atoms with Crippen molar-refractivity contribution in [1.29, 1.82) is 0 Å². The molecule has 0 aliphatic carbocycles. The summed E-state index contributed by atoms with van der Waals surface area (Å²) in [7, 11) is 0. The molecular weight excluding hydrogens is 375 g/mol. The highest BCUT2D eigenvalue weighted by Crippen LogP contribution is 2.13. The van der Waals surface area contributed by atoms with E-state index in [1.165, 1.54) is 5.56 Å². The molecule has 0 atom stereocenters. The molecule has 0 unspecified atom stereocenters. The quantitative estimate of drug-likeness (QED) is 0.750. The van der Waals surface area contributed by atoms with Gasteiger partial charge in [-0.05, 0) is 34.6 Å². The molecule has 5 heteroatoms. The zero-order valence-electron chi connectivity index (χ0n) is 12.0. The summed E-state index contributed by atoms with van der Waals surface area (Å²) in [6.07, 6.45) is 4.92. The van der Waals surface area contributed by atoms with Crippen molar-refractivity contribution >= 4 is 28.5 Å². The summed E-state index contributed by atoms with van der Waals surface area (Å²) in [6, 6.07) is 10.7. The van der Waals surface area contributed by atoms with Gasteiger partial charge in [-0.15, -0.1) is 0 Å². The summed E-state index contributed by atoms with van der Waals surface area (Å²) in [5, 5.41) is 0. The molecule has 110 valence electrons. The molecule has 1 aromatic heterocycles. The standard InChI is InChI=1S/C16H19IN4/c17-15-11-18-16(19-12-15)21-8-4-7-20(9-10-21)13-14-5-2-1-3-6-14/h1-3,5-6,11-12H,4,7-10,13H2. The number of nitrogens with zero attached hydrogens (tertiary/aromatic N) is 4. The van der Waals surface area contributed by atoms with Gasteiger partial charge in [-0.3, -0.25) is 4.90 Å². The zero-order chi connectivity index (χ0) is 14.5. The number of rotatable bonds is 3. The Labute approximate surface area is 139 Å². The van der Waals surface area contributed by atoms with Gasteiger partial charge >= 0.3 is 0 Å². The van der Waals surface area contributed by atoms with Crippen molar-refractivity contribution in [2.24, 2.45) is 0 Å². The van der Waals surface area contributed by atoms with Gasteiger partial charge in [-0.2, -0.15) is 0 Å². The highest BCUT2D eigenvalue weighted by Gasteiger charge is 2.16. The molecule has 4 nitrogen and oxygen atoms in total. The van der Waals surface area contributed by atoms with Gasteiger partial charge in [-0.1, -0.05) is 30.3 Å². The Balaban J connectivity index is 1.60. The van der Waals surface area contributed by atoms with E-state index in [2.05, 4.69) is 72.7 Å². The normalized spacial score (nSPS) is 16.7. The van der Waals surface area contributed by atoms with Crippen LogP contribution in [-0.2, 0) is 6.54 Å². The second-order valence-corrected chi connectivity index (χ2v) is 6.55. The summed E-state index contributed by atoms with van der Waals surface area (Å²) in [6.45, 7) is 5.25. The molecule has 1 aliphatic heterocycles. The average molecular weight is 394 g/mol. The van der Waals surface area contributed by atoms with Crippen LogP contribution in [0.4, 0.5) is 5.95 Å². The van der Waals surface area contributed by atoms with E-state index in [0.29, 0.717) is 0 Å². The maximum absolute atomic E-state index is 4.44. The van der Waals surface area contributed by atoms with Crippen LogP contribution in [0.25, 0.3) is 0 Å². The topological polar surface area (TPSA) is 32.3 Å². The molecular formula is C16H19IN4. The molecule has 2 heterocycles. The van der Waals surface area contributed by atoms with Gasteiger partial charge < -0.3 is 4.90 Å². The predicted octanol–water partition coefficient (Wildman–Crippen LogP) is 2.79. The third kappa shape index (κ3) is 4.14. The van der Waals surface area contributed by atoms with Gasteiger partial charge in [0.05, 0.1) is 0 Å². The molecule has 0 N–H and O–H groups in total. The van der Waals surface area contributed by atoms with Crippen LogP contribution >= 0.6 is 22.6 Å². The van der Waals surface area contributed by atoms with E-state index in [4.69, 9.17) is 0 Å². The molecule has 1 saturated heterocycles. The Morgan fingerprint density at radius 3 is 2.48 bits per heavy atom. The molecule has 2 aromatic rings. The van der Waals surface area contributed by atoms with E-state index in [1.807, 2.05) is 12.4 Å². The molecule has 0 bridgehead atoms. The lowest BCUT2D eigenvalue weighted by Gasteiger charge is -2.21. The summed E-state index contributed by atoms with van der Waals surface area (Å²) in [5.74, 6) is 0.858. The number of benzene rings is 1. The van der Waals surface area contributed by atoms with Gasteiger partial charge in [0, 0.05) is 48.7 Å². The number of aromatic nitrogens is 2. The van der Waals surface area contributed by atoms with Crippen LogP contribution in [0, 0.1) is 3.57 Å². The second-order valence-electron chi connectivity index (χ2n) is 5.30. The van der Waals surface area contributed by atoms with Gasteiger partial charge in [0.25, 0.3) is 0 Å². The maximum atomic E-state index is 4.44. The maximum Gasteiger partial charge on any atom is 0.225 e. The summed E-state index contributed by atoms with van der Waals surface area (Å²) >= 11 is 2.24. The Hall–Kier alpha value is -1.21. The Bertz CT molecular complexity index is 558. The largest absolute Gasteiger partial charge is 0.339 e. The van der Waals surface area contributed by atoms with E-state index in [9.17, 15) is 0 Å². The lowest BCUT2D eigenvalue weighted by atomic mass is 10.2. The molecule has 21 heavy (non-hydrogen) atoms. The monoisotopic (exact) mass is 394 g/mol. The van der Waals surface area contributed by atoms with E-state index >= 15 is 0 Å².